The van der Waals surface area contributed by atoms with Gasteiger partial charge in [-0.15, -0.1) is 0 Å². The molecule has 22 heavy (non-hydrogen) atoms. The van der Waals surface area contributed by atoms with Crippen molar-refractivity contribution in [3.8, 4) is 11.5 Å². The van der Waals surface area contributed by atoms with Gasteiger partial charge in [-0.05, 0) is 66.6 Å². The van der Waals surface area contributed by atoms with Crippen LogP contribution in [0.15, 0.2) is 57.5 Å². The summed E-state index contributed by atoms with van der Waals surface area (Å²) in [6, 6.07) is 16.3. The van der Waals surface area contributed by atoms with Gasteiger partial charge in [0, 0.05) is 11.8 Å². The lowest BCUT2D eigenvalue weighted by atomic mass is 10.00. The van der Waals surface area contributed by atoms with Crippen molar-refractivity contribution in [3.05, 3.63) is 68.6 Å². The summed E-state index contributed by atoms with van der Waals surface area (Å²) < 4.78 is 6.87. The van der Waals surface area contributed by atoms with Gasteiger partial charge < -0.3 is 9.84 Å². The van der Waals surface area contributed by atoms with E-state index in [4.69, 9.17) is 4.74 Å². The largest absolute Gasteiger partial charge is 0.506 e. The number of aromatic hydroxyl groups is 1. The summed E-state index contributed by atoms with van der Waals surface area (Å²) in [5.41, 5.74) is 2.35. The number of phenolic OH excluding ortho intramolecular Hbond substituents is 1. The van der Waals surface area contributed by atoms with Crippen molar-refractivity contribution in [2.24, 2.45) is 0 Å². The molecule has 0 amide bonds. The van der Waals surface area contributed by atoms with Crippen LogP contribution in [0.3, 0.4) is 0 Å². The van der Waals surface area contributed by atoms with Crippen LogP contribution in [-0.2, 0) is 6.42 Å². The van der Waals surface area contributed by atoms with E-state index in [-0.39, 0.29) is 5.75 Å². The molecule has 1 N–H and O–H groups in total. The van der Waals surface area contributed by atoms with E-state index in [1.165, 1.54) is 5.56 Å². The van der Waals surface area contributed by atoms with Crippen LogP contribution in [0.4, 0.5) is 0 Å². The van der Waals surface area contributed by atoms with Crippen LogP contribution in [0.25, 0.3) is 10.8 Å². The Morgan fingerprint density at radius 2 is 1.77 bits per heavy atom. The lowest BCUT2D eigenvalue weighted by molar-refractivity contribution is 0.411. The van der Waals surface area contributed by atoms with Gasteiger partial charge in [0.25, 0.3) is 0 Å². The second-order valence-corrected chi connectivity index (χ2v) is 6.72. The first-order chi connectivity index (χ1) is 10.6. The third kappa shape index (κ3) is 2.85. The molecule has 0 saturated heterocycles. The third-order valence-corrected chi connectivity index (χ3v) is 5.05. The molecule has 3 aromatic carbocycles. The smallest absolute Gasteiger partial charge is 0.144 e. The van der Waals surface area contributed by atoms with Gasteiger partial charge in [0.05, 0.1) is 16.1 Å². The second-order valence-electron chi connectivity index (χ2n) is 5.07. The number of halogens is 2. The zero-order valence-corrected chi connectivity index (χ0v) is 15.1. The number of benzene rings is 3. The Kier molecular flexibility index (Phi) is 4.41. The summed E-state index contributed by atoms with van der Waals surface area (Å²) in [4.78, 5) is 0. The molecule has 0 aliphatic heterocycles. The highest BCUT2D eigenvalue weighted by molar-refractivity contribution is 9.11. The van der Waals surface area contributed by atoms with Crippen molar-refractivity contribution < 1.29 is 9.84 Å². The Balaban J connectivity index is 2.16. The van der Waals surface area contributed by atoms with Gasteiger partial charge in [-0.1, -0.05) is 30.3 Å². The van der Waals surface area contributed by atoms with Crippen molar-refractivity contribution in [3.63, 3.8) is 0 Å². The Morgan fingerprint density at radius 3 is 2.45 bits per heavy atom. The molecule has 0 aromatic heterocycles. The van der Waals surface area contributed by atoms with E-state index in [9.17, 15) is 5.11 Å². The average Bonchev–Trinajstić information content (AvgIpc) is 2.53. The molecule has 0 aliphatic carbocycles. The first-order valence-electron chi connectivity index (χ1n) is 6.81. The molecular formula is C18H14Br2O2. The summed E-state index contributed by atoms with van der Waals surface area (Å²) in [5, 5.41) is 12.0. The maximum atomic E-state index is 10.0. The predicted molar refractivity (Wildman–Crippen MR) is 96.8 cm³/mol. The van der Waals surface area contributed by atoms with Crippen molar-refractivity contribution in [1.29, 1.82) is 0 Å². The fourth-order valence-corrected chi connectivity index (χ4v) is 3.80. The molecule has 4 heteroatoms. The van der Waals surface area contributed by atoms with E-state index < -0.39 is 0 Å². The molecule has 0 bridgehead atoms. The van der Waals surface area contributed by atoms with Gasteiger partial charge in [0.1, 0.15) is 11.5 Å². The molecule has 112 valence electrons. The second kappa shape index (κ2) is 6.31. The van der Waals surface area contributed by atoms with E-state index in [1.807, 2.05) is 30.3 Å². The van der Waals surface area contributed by atoms with Crippen molar-refractivity contribution in [2.75, 3.05) is 7.11 Å². The van der Waals surface area contributed by atoms with Crippen molar-refractivity contribution in [2.45, 2.75) is 6.42 Å². The number of phenols is 1. The topological polar surface area (TPSA) is 29.5 Å². The molecule has 3 aromatic rings. The number of methoxy groups -OCH3 is 1. The molecule has 0 fully saturated rings. The van der Waals surface area contributed by atoms with E-state index in [1.54, 1.807) is 7.11 Å². The molecule has 0 radical (unpaired) electrons. The fourth-order valence-electron chi connectivity index (χ4n) is 2.53. The van der Waals surface area contributed by atoms with Crippen LogP contribution in [0.2, 0.25) is 0 Å². The standard InChI is InChI=1S/C18H14Br2O2/c1-22-16-10-14-12(9-15(19)18(21)17(14)20)8-13(16)7-11-5-3-2-4-6-11/h2-6,8-10,21H,7H2,1H3. The molecule has 0 aliphatic rings. The van der Waals surface area contributed by atoms with E-state index in [0.29, 0.717) is 8.95 Å². The monoisotopic (exact) mass is 420 g/mol. The highest BCUT2D eigenvalue weighted by Gasteiger charge is 2.13. The quantitative estimate of drug-likeness (QED) is 0.590. The van der Waals surface area contributed by atoms with Crippen LogP contribution in [-0.4, -0.2) is 12.2 Å². The Labute approximate surface area is 146 Å². The molecule has 0 spiro atoms. The highest BCUT2D eigenvalue weighted by Crippen LogP contribution is 2.41. The van der Waals surface area contributed by atoms with Crippen LogP contribution in [0.1, 0.15) is 11.1 Å². The number of hydrogen-bond acceptors (Lipinski definition) is 2. The summed E-state index contributed by atoms with van der Waals surface area (Å²) in [6.45, 7) is 0. The SMILES string of the molecule is COc1cc2c(Br)c(O)c(Br)cc2cc1Cc1ccccc1. The molecule has 0 atom stereocenters. The fraction of sp³-hybridized carbons (Fsp3) is 0.111. The predicted octanol–water partition coefficient (Wildman–Crippen LogP) is 5.67. The molecule has 0 saturated carbocycles. The Morgan fingerprint density at radius 1 is 1.05 bits per heavy atom. The van der Waals surface area contributed by atoms with Gasteiger partial charge in [0.15, 0.2) is 0 Å². The van der Waals surface area contributed by atoms with E-state index >= 15 is 0 Å². The lowest BCUT2D eigenvalue weighted by Gasteiger charge is -2.13. The minimum Gasteiger partial charge on any atom is -0.506 e. The maximum Gasteiger partial charge on any atom is 0.144 e. The third-order valence-electron chi connectivity index (χ3n) is 3.64. The molecule has 0 unspecified atom stereocenters. The van der Waals surface area contributed by atoms with Crippen molar-refractivity contribution >= 4 is 42.6 Å². The number of fused-ring (bicyclic) bond motifs is 1. The highest BCUT2D eigenvalue weighted by atomic mass is 79.9. The Bertz CT molecular complexity index is 830. The summed E-state index contributed by atoms with van der Waals surface area (Å²) in [5.74, 6) is 1.02. The van der Waals surface area contributed by atoms with Crippen LogP contribution in [0.5, 0.6) is 11.5 Å². The number of ether oxygens (including phenoxy) is 1. The Hall–Kier alpha value is -1.52. The molecule has 3 rings (SSSR count). The first kappa shape index (κ1) is 15.4. The van der Waals surface area contributed by atoms with E-state index in [2.05, 4.69) is 50.1 Å². The van der Waals surface area contributed by atoms with Crippen LogP contribution < -0.4 is 4.74 Å². The van der Waals surface area contributed by atoms with Gasteiger partial charge in [-0.25, -0.2) is 0 Å². The number of rotatable bonds is 3. The minimum atomic E-state index is 0.199. The van der Waals surface area contributed by atoms with Crippen molar-refractivity contribution in [1.82, 2.24) is 0 Å². The molecule has 2 nitrogen and oxygen atoms in total. The summed E-state index contributed by atoms with van der Waals surface area (Å²) >= 11 is 6.83. The molecular weight excluding hydrogens is 408 g/mol. The number of hydrogen-bond donors (Lipinski definition) is 1. The van der Waals surface area contributed by atoms with Gasteiger partial charge in [-0.3, -0.25) is 0 Å². The van der Waals surface area contributed by atoms with Gasteiger partial charge in [-0.2, -0.15) is 0 Å². The molecule has 0 heterocycles. The maximum absolute atomic E-state index is 10.0. The normalized spacial score (nSPS) is 10.9. The average molecular weight is 422 g/mol. The lowest BCUT2D eigenvalue weighted by Crippen LogP contribution is -1.95. The van der Waals surface area contributed by atoms with Crippen LogP contribution in [0, 0.1) is 0 Å². The zero-order chi connectivity index (χ0) is 15.7. The van der Waals surface area contributed by atoms with Crippen LogP contribution >= 0.6 is 31.9 Å². The van der Waals surface area contributed by atoms with Gasteiger partial charge in [0.2, 0.25) is 0 Å². The zero-order valence-electron chi connectivity index (χ0n) is 11.9. The first-order valence-corrected chi connectivity index (χ1v) is 8.40. The summed E-state index contributed by atoms with van der Waals surface area (Å²) in [6.07, 6.45) is 0.802. The van der Waals surface area contributed by atoms with Gasteiger partial charge >= 0.3 is 0 Å². The summed E-state index contributed by atoms with van der Waals surface area (Å²) in [7, 11) is 1.67. The van der Waals surface area contributed by atoms with E-state index in [0.717, 1.165) is 28.5 Å². The minimum absolute atomic E-state index is 0.199.